The number of hydrogen-bond acceptors (Lipinski definition) is 2. The summed E-state index contributed by atoms with van der Waals surface area (Å²) in [6.07, 6.45) is -4.57. The number of halogens is 3. The van der Waals surface area contributed by atoms with Crippen molar-refractivity contribution < 1.29 is 23.1 Å². The molecule has 0 atom stereocenters. The number of carbonyl (C=O) groups is 1. The quantitative estimate of drug-likeness (QED) is 0.722. The molecule has 2 rings (SSSR count). The second-order valence-corrected chi connectivity index (χ2v) is 4.64. The van der Waals surface area contributed by atoms with Gasteiger partial charge in [-0.1, -0.05) is 18.2 Å². The van der Waals surface area contributed by atoms with E-state index in [2.05, 4.69) is 10.6 Å². The highest BCUT2D eigenvalue weighted by atomic mass is 19.4. The summed E-state index contributed by atoms with van der Waals surface area (Å²) in [5, 5.41) is 14.1. The average molecular weight is 310 g/mol. The number of carbonyl (C=O) groups excluding carboxylic acids is 1. The summed E-state index contributed by atoms with van der Waals surface area (Å²) in [7, 11) is 0. The molecular weight excluding hydrogens is 297 g/mol. The Labute approximate surface area is 124 Å². The number of amides is 2. The molecule has 0 unspecified atom stereocenters. The maximum atomic E-state index is 12.8. The zero-order valence-electron chi connectivity index (χ0n) is 11.5. The Kier molecular flexibility index (Phi) is 4.25. The van der Waals surface area contributed by atoms with Gasteiger partial charge < -0.3 is 15.7 Å². The third-order valence-electron chi connectivity index (χ3n) is 2.88. The summed E-state index contributed by atoms with van der Waals surface area (Å²) in [6, 6.07) is 8.30. The van der Waals surface area contributed by atoms with Crippen molar-refractivity contribution >= 4 is 17.4 Å². The molecule has 116 valence electrons. The van der Waals surface area contributed by atoms with Crippen molar-refractivity contribution in [1.82, 2.24) is 0 Å². The molecule has 3 N–H and O–H groups in total. The second-order valence-electron chi connectivity index (χ2n) is 4.64. The van der Waals surface area contributed by atoms with Crippen molar-refractivity contribution in [3.8, 4) is 5.75 Å². The van der Waals surface area contributed by atoms with Crippen LogP contribution in [0.25, 0.3) is 0 Å². The Morgan fingerprint density at radius 3 is 2.32 bits per heavy atom. The Morgan fingerprint density at radius 2 is 1.68 bits per heavy atom. The smallest absolute Gasteiger partial charge is 0.418 e. The highest BCUT2D eigenvalue weighted by Gasteiger charge is 2.33. The molecule has 0 saturated carbocycles. The largest absolute Gasteiger partial charge is 0.506 e. The van der Waals surface area contributed by atoms with E-state index in [-0.39, 0.29) is 17.1 Å². The van der Waals surface area contributed by atoms with Gasteiger partial charge in [0.25, 0.3) is 0 Å². The van der Waals surface area contributed by atoms with Crippen molar-refractivity contribution in [3.05, 3.63) is 53.6 Å². The predicted molar refractivity (Wildman–Crippen MR) is 76.9 cm³/mol. The van der Waals surface area contributed by atoms with Crippen molar-refractivity contribution in [1.29, 1.82) is 0 Å². The van der Waals surface area contributed by atoms with Crippen LogP contribution in [0.5, 0.6) is 5.75 Å². The van der Waals surface area contributed by atoms with Gasteiger partial charge in [0, 0.05) is 0 Å². The molecule has 0 saturated heterocycles. The van der Waals surface area contributed by atoms with Gasteiger partial charge >= 0.3 is 12.2 Å². The average Bonchev–Trinajstić information content (AvgIpc) is 2.41. The number of rotatable bonds is 2. The summed E-state index contributed by atoms with van der Waals surface area (Å²) in [5.41, 5.74) is -0.421. The van der Waals surface area contributed by atoms with E-state index in [4.69, 9.17) is 0 Å². The SMILES string of the molecule is Cc1ccc(NC(=O)Nc2ccccc2C(F)(F)F)c(O)c1. The minimum absolute atomic E-state index is 0.104. The van der Waals surface area contributed by atoms with Crippen LogP contribution in [0.3, 0.4) is 0 Å². The molecule has 0 aromatic heterocycles. The molecule has 0 aliphatic heterocycles. The van der Waals surface area contributed by atoms with E-state index in [0.717, 1.165) is 17.7 Å². The molecule has 0 fully saturated rings. The van der Waals surface area contributed by atoms with Crippen molar-refractivity contribution in [3.63, 3.8) is 0 Å². The third-order valence-corrected chi connectivity index (χ3v) is 2.88. The second kappa shape index (κ2) is 5.97. The van der Waals surface area contributed by atoms with Crippen LogP contribution in [-0.2, 0) is 6.18 Å². The third kappa shape index (κ3) is 3.69. The number of aryl methyl sites for hydroxylation is 1. The predicted octanol–water partition coefficient (Wildman–Crippen LogP) is 4.36. The maximum absolute atomic E-state index is 12.8. The van der Waals surface area contributed by atoms with Crippen LogP contribution in [-0.4, -0.2) is 11.1 Å². The standard InChI is InChI=1S/C15H13F3N2O2/c1-9-6-7-12(13(21)8-9)20-14(22)19-11-5-3-2-4-10(11)15(16,17)18/h2-8,21H,1H3,(H2,19,20,22). The van der Waals surface area contributed by atoms with Gasteiger partial charge in [0.15, 0.2) is 0 Å². The number of anilines is 2. The number of nitrogens with one attached hydrogen (secondary N) is 2. The lowest BCUT2D eigenvalue weighted by molar-refractivity contribution is -0.136. The lowest BCUT2D eigenvalue weighted by Crippen LogP contribution is -2.21. The van der Waals surface area contributed by atoms with Crippen LogP contribution < -0.4 is 10.6 Å². The minimum atomic E-state index is -4.57. The lowest BCUT2D eigenvalue weighted by Gasteiger charge is -2.14. The van der Waals surface area contributed by atoms with Crippen LogP contribution in [0, 0.1) is 6.92 Å². The van der Waals surface area contributed by atoms with E-state index in [9.17, 15) is 23.1 Å². The molecule has 0 spiro atoms. The topological polar surface area (TPSA) is 61.4 Å². The lowest BCUT2D eigenvalue weighted by atomic mass is 10.1. The summed E-state index contributed by atoms with van der Waals surface area (Å²) in [6.45, 7) is 1.75. The molecule has 0 bridgehead atoms. The van der Waals surface area contributed by atoms with E-state index in [1.807, 2.05) is 0 Å². The van der Waals surface area contributed by atoms with E-state index in [1.165, 1.54) is 24.3 Å². The van der Waals surface area contributed by atoms with Gasteiger partial charge in [0.2, 0.25) is 0 Å². The van der Waals surface area contributed by atoms with Gasteiger partial charge in [-0.3, -0.25) is 0 Å². The minimum Gasteiger partial charge on any atom is -0.506 e. The number of benzene rings is 2. The Morgan fingerprint density at radius 1 is 1.05 bits per heavy atom. The van der Waals surface area contributed by atoms with Crippen molar-refractivity contribution in [2.75, 3.05) is 10.6 Å². The molecule has 2 aromatic carbocycles. The molecule has 7 heteroatoms. The Bertz CT molecular complexity index is 699. The molecule has 4 nitrogen and oxygen atoms in total. The molecule has 22 heavy (non-hydrogen) atoms. The summed E-state index contributed by atoms with van der Waals surface area (Å²) in [5.74, 6) is -0.167. The zero-order valence-corrected chi connectivity index (χ0v) is 11.5. The first kappa shape index (κ1) is 15.7. The number of phenols is 1. The number of urea groups is 1. The molecule has 2 aromatic rings. The van der Waals surface area contributed by atoms with Gasteiger partial charge in [0.05, 0.1) is 16.9 Å². The van der Waals surface area contributed by atoms with E-state index < -0.39 is 17.8 Å². The first-order chi connectivity index (χ1) is 10.3. The molecule has 2 amide bonds. The number of aromatic hydroxyl groups is 1. The fourth-order valence-electron chi connectivity index (χ4n) is 1.86. The van der Waals surface area contributed by atoms with Crippen LogP contribution in [0.1, 0.15) is 11.1 Å². The molecule has 0 heterocycles. The van der Waals surface area contributed by atoms with E-state index >= 15 is 0 Å². The molecule has 0 aliphatic rings. The summed E-state index contributed by atoms with van der Waals surface area (Å²) in [4.78, 5) is 11.8. The normalized spacial score (nSPS) is 11.1. The summed E-state index contributed by atoms with van der Waals surface area (Å²) >= 11 is 0. The van der Waals surface area contributed by atoms with Crippen LogP contribution in [0.15, 0.2) is 42.5 Å². The Hall–Kier alpha value is -2.70. The highest BCUT2D eigenvalue weighted by Crippen LogP contribution is 2.34. The fourth-order valence-corrected chi connectivity index (χ4v) is 1.86. The van der Waals surface area contributed by atoms with Crippen LogP contribution in [0.2, 0.25) is 0 Å². The number of hydrogen-bond donors (Lipinski definition) is 3. The zero-order chi connectivity index (χ0) is 16.3. The molecule has 0 radical (unpaired) electrons. The Balaban J connectivity index is 2.16. The fraction of sp³-hybridized carbons (Fsp3) is 0.133. The molecular formula is C15H13F3N2O2. The van der Waals surface area contributed by atoms with E-state index in [0.29, 0.717) is 0 Å². The van der Waals surface area contributed by atoms with Gasteiger partial charge in [0.1, 0.15) is 5.75 Å². The van der Waals surface area contributed by atoms with Gasteiger partial charge in [-0.25, -0.2) is 4.79 Å². The van der Waals surface area contributed by atoms with E-state index in [1.54, 1.807) is 13.0 Å². The van der Waals surface area contributed by atoms with Gasteiger partial charge in [-0.2, -0.15) is 13.2 Å². The monoisotopic (exact) mass is 310 g/mol. The highest BCUT2D eigenvalue weighted by molar-refractivity contribution is 6.01. The molecule has 0 aliphatic carbocycles. The van der Waals surface area contributed by atoms with Crippen molar-refractivity contribution in [2.24, 2.45) is 0 Å². The summed E-state index contributed by atoms with van der Waals surface area (Å²) < 4.78 is 38.5. The van der Waals surface area contributed by atoms with Crippen molar-refractivity contribution in [2.45, 2.75) is 13.1 Å². The number of alkyl halides is 3. The number of phenolic OH excluding ortho intramolecular Hbond substituents is 1. The van der Waals surface area contributed by atoms with Crippen LogP contribution in [0.4, 0.5) is 29.3 Å². The first-order valence-electron chi connectivity index (χ1n) is 6.31. The van der Waals surface area contributed by atoms with Gasteiger partial charge in [-0.05, 0) is 36.8 Å². The first-order valence-corrected chi connectivity index (χ1v) is 6.31. The van der Waals surface area contributed by atoms with Gasteiger partial charge in [-0.15, -0.1) is 0 Å². The maximum Gasteiger partial charge on any atom is 0.418 e. The van der Waals surface area contributed by atoms with Crippen LogP contribution >= 0.6 is 0 Å². The number of para-hydroxylation sites is 1.